The zero-order chi connectivity index (χ0) is 22.1. The Hall–Kier alpha value is -3.31. The minimum Gasteiger partial charge on any atom is -0.399 e. The van der Waals surface area contributed by atoms with Crippen LogP contribution < -0.4 is 22.3 Å². The minimum atomic E-state index is -4.46. The highest BCUT2D eigenvalue weighted by molar-refractivity contribution is 6.39. The molecule has 2 heterocycles. The number of alkyl halides is 3. The summed E-state index contributed by atoms with van der Waals surface area (Å²) >= 11 is 6.42. The number of halogens is 4. The second kappa shape index (κ2) is 8.20. The molecule has 6 N–H and O–H groups in total. The van der Waals surface area contributed by atoms with Crippen molar-refractivity contribution in [1.29, 1.82) is 0 Å². The van der Waals surface area contributed by atoms with Gasteiger partial charge < -0.3 is 16.5 Å². The Morgan fingerprint density at radius 3 is 2.57 bits per heavy atom. The summed E-state index contributed by atoms with van der Waals surface area (Å²) < 4.78 is 39.5. The normalized spacial score (nSPS) is 12.3. The number of allylic oxidation sites excluding steroid dienone is 1. The highest BCUT2D eigenvalue weighted by Gasteiger charge is 2.30. The first-order valence-corrected chi connectivity index (χ1v) is 8.90. The van der Waals surface area contributed by atoms with Crippen LogP contribution in [0.25, 0.3) is 11.0 Å². The molecule has 2 aromatic heterocycles. The number of anilines is 1. The van der Waals surface area contributed by atoms with Gasteiger partial charge in [0.2, 0.25) is 0 Å². The number of hydrogen-bond acceptors (Lipinski definition) is 6. The maximum Gasteiger partial charge on any atom is 0.416 e. The number of carbonyl (C=O) groups is 1. The van der Waals surface area contributed by atoms with Crippen LogP contribution in [-0.2, 0) is 12.7 Å². The standard InChI is InChI=1S/C18H17ClF3N7O/c1-9-14-15(19)13(7-25-16(14)29(28-9)8-11(23)6-26-24)17(30)27-12-4-2-10(3-5-12)18(20,21)22/h2-7,26H,8,23-24H2,1H3,(H,27,30)/b11-6-. The van der Waals surface area contributed by atoms with Crippen LogP contribution in [0.1, 0.15) is 21.6 Å². The van der Waals surface area contributed by atoms with Crippen LogP contribution in [0.5, 0.6) is 0 Å². The fraction of sp³-hybridized carbons (Fsp3) is 0.167. The van der Waals surface area contributed by atoms with Crippen LogP contribution in [-0.4, -0.2) is 20.7 Å². The number of benzene rings is 1. The van der Waals surface area contributed by atoms with E-state index in [1.807, 2.05) is 0 Å². The van der Waals surface area contributed by atoms with Gasteiger partial charge in [0.15, 0.2) is 5.65 Å². The third kappa shape index (κ3) is 4.31. The third-order valence-electron chi connectivity index (χ3n) is 4.19. The smallest absolute Gasteiger partial charge is 0.399 e. The van der Waals surface area contributed by atoms with Crippen molar-refractivity contribution < 1.29 is 18.0 Å². The molecule has 3 aromatic rings. The van der Waals surface area contributed by atoms with Crippen molar-refractivity contribution in [3.05, 3.63) is 64.2 Å². The van der Waals surface area contributed by atoms with Crippen LogP contribution in [0.15, 0.2) is 42.4 Å². The van der Waals surface area contributed by atoms with Crippen LogP contribution in [0.2, 0.25) is 5.02 Å². The molecule has 0 aliphatic rings. The predicted molar refractivity (Wildman–Crippen MR) is 106 cm³/mol. The van der Waals surface area contributed by atoms with Crippen LogP contribution in [0, 0.1) is 6.92 Å². The van der Waals surface area contributed by atoms with Crippen LogP contribution in [0.4, 0.5) is 18.9 Å². The quantitative estimate of drug-likeness (QED) is 0.358. The first kappa shape index (κ1) is 21.4. The molecule has 8 nitrogen and oxygen atoms in total. The van der Waals surface area contributed by atoms with E-state index in [0.717, 1.165) is 24.3 Å². The first-order chi connectivity index (χ1) is 14.1. The van der Waals surface area contributed by atoms with Gasteiger partial charge in [-0.05, 0) is 31.2 Å². The lowest BCUT2D eigenvalue weighted by atomic mass is 10.1. The molecule has 12 heteroatoms. The van der Waals surface area contributed by atoms with Gasteiger partial charge in [-0.25, -0.2) is 9.67 Å². The summed E-state index contributed by atoms with van der Waals surface area (Å²) in [5.41, 5.74) is 8.90. The number of amides is 1. The number of nitrogens with one attached hydrogen (secondary N) is 2. The molecule has 0 spiro atoms. The molecule has 0 aliphatic carbocycles. The summed E-state index contributed by atoms with van der Waals surface area (Å²) in [6.07, 6.45) is -1.80. The summed E-state index contributed by atoms with van der Waals surface area (Å²) in [5, 5.41) is 7.42. The predicted octanol–water partition coefficient (Wildman–Crippen LogP) is 2.93. The summed E-state index contributed by atoms with van der Waals surface area (Å²) in [7, 11) is 0. The van der Waals surface area contributed by atoms with Crippen molar-refractivity contribution in [2.24, 2.45) is 11.6 Å². The molecule has 0 aliphatic heterocycles. The molecule has 0 fully saturated rings. The summed E-state index contributed by atoms with van der Waals surface area (Å²) in [4.78, 5) is 16.9. The van der Waals surface area contributed by atoms with Crippen molar-refractivity contribution in [2.75, 3.05) is 5.32 Å². The molecule has 158 valence electrons. The van der Waals surface area contributed by atoms with E-state index in [1.165, 1.54) is 17.1 Å². The topological polar surface area (TPSA) is 124 Å². The van der Waals surface area contributed by atoms with Crippen LogP contribution >= 0.6 is 11.6 Å². The number of fused-ring (bicyclic) bond motifs is 1. The molecule has 0 saturated heterocycles. The van der Waals surface area contributed by atoms with E-state index in [1.54, 1.807) is 6.92 Å². The van der Waals surface area contributed by atoms with Gasteiger partial charge in [0.05, 0.1) is 33.8 Å². The molecular formula is C18H17ClF3N7O. The number of rotatable bonds is 5. The summed E-state index contributed by atoms with van der Waals surface area (Å²) in [6, 6.07) is 4.07. The van der Waals surface area contributed by atoms with E-state index in [-0.39, 0.29) is 22.8 Å². The zero-order valence-corrected chi connectivity index (χ0v) is 16.3. The average molecular weight is 440 g/mol. The largest absolute Gasteiger partial charge is 0.416 e. The number of nitrogens with zero attached hydrogens (tertiary/aromatic N) is 3. The van der Waals surface area contributed by atoms with E-state index < -0.39 is 17.6 Å². The SMILES string of the molecule is Cc1nn(C/C(N)=C/NN)c2ncc(C(=O)Nc3ccc(C(F)(F)F)cc3)c(Cl)c12. The average Bonchev–Trinajstić information content (AvgIpc) is 2.98. The molecule has 1 amide bonds. The molecule has 1 aromatic carbocycles. The van der Waals surface area contributed by atoms with Gasteiger partial charge in [0.1, 0.15) is 0 Å². The number of pyridine rings is 1. The molecule has 0 saturated carbocycles. The van der Waals surface area contributed by atoms with E-state index in [2.05, 4.69) is 20.8 Å². The highest BCUT2D eigenvalue weighted by Crippen LogP contribution is 2.31. The lowest BCUT2D eigenvalue weighted by Gasteiger charge is -2.10. The van der Waals surface area contributed by atoms with E-state index >= 15 is 0 Å². The highest BCUT2D eigenvalue weighted by atomic mass is 35.5. The maximum atomic E-state index is 12.7. The molecule has 0 radical (unpaired) electrons. The Morgan fingerprint density at radius 2 is 1.97 bits per heavy atom. The molecule has 30 heavy (non-hydrogen) atoms. The molecular weight excluding hydrogens is 423 g/mol. The van der Waals surface area contributed by atoms with Gasteiger partial charge in [-0.15, -0.1) is 0 Å². The van der Waals surface area contributed by atoms with Gasteiger partial charge >= 0.3 is 6.18 Å². The number of hydrogen-bond donors (Lipinski definition) is 4. The Balaban J connectivity index is 1.89. The second-order valence-corrected chi connectivity index (χ2v) is 6.72. The zero-order valence-electron chi connectivity index (χ0n) is 15.6. The number of carbonyl (C=O) groups excluding carboxylic acids is 1. The number of nitrogens with two attached hydrogens (primary N) is 2. The molecule has 3 rings (SSSR count). The van der Waals surface area contributed by atoms with Crippen molar-refractivity contribution in [1.82, 2.24) is 20.2 Å². The lowest BCUT2D eigenvalue weighted by Crippen LogP contribution is -2.19. The van der Waals surface area contributed by atoms with E-state index in [9.17, 15) is 18.0 Å². The van der Waals surface area contributed by atoms with Gasteiger partial charge in [-0.3, -0.25) is 10.6 Å². The van der Waals surface area contributed by atoms with Crippen molar-refractivity contribution in [3.63, 3.8) is 0 Å². The Morgan fingerprint density at radius 1 is 1.30 bits per heavy atom. The Labute approximate surface area is 173 Å². The maximum absolute atomic E-state index is 12.7. The van der Waals surface area contributed by atoms with Crippen molar-refractivity contribution >= 4 is 34.2 Å². The van der Waals surface area contributed by atoms with Gasteiger partial charge in [-0.1, -0.05) is 11.6 Å². The van der Waals surface area contributed by atoms with Gasteiger partial charge in [0.25, 0.3) is 5.91 Å². The number of aryl methyl sites for hydroxylation is 1. The number of hydrazine groups is 1. The monoisotopic (exact) mass is 439 g/mol. The fourth-order valence-corrected chi connectivity index (χ4v) is 3.17. The van der Waals surface area contributed by atoms with Gasteiger partial charge in [0, 0.05) is 23.8 Å². The molecule has 0 atom stereocenters. The van der Waals surface area contributed by atoms with E-state index in [4.69, 9.17) is 23.2 Å². The fourth-order valence-electron chi connectivity index (χ4n) is 2.81. The first-order valence-electron chi connectivity index (χ1n) is 8.52. The number of aromatic nitrogens is 3. The van der Waals surface area contributed by atoms with Crippen molar-refractivity contribution in [2.45, 2.75) is 19.6 Å². The summed E-state index contributed by atoms with van der Waals surface area (Å²) in [6.45, 7) is 1.89. The lowest BCUT2D eigenvalue weighted by molar-refractivity contribution is -0.137. The van der Waals surface area contributed by atoms with Gasteiger partial charge in [-0.2, -0.15) is 18.3 Å². The summed E-state index contributed by atoms with van der Waals surface area (Å²) in [5.74, 6) is 4.58. The minimum absolute atomic E-state index is 0.0545. The third-order valence-corrected chi connectivity index (χ3v) is 4.58. The second-order valence-electron chi connectivity index (χ2n) is 6.34. The molecule has 0 unspecified atom stereocenters. The Bertz CT molecular complexity index is 1120. The Kier molecular flexibility index (Phi) is 5.85. The van der Waals surface area contributed by atoms with Crippen molar-refractivity contribution in [3.8, 4) is 0 Å². The molecule has 0 bridgehead atoms. The van der Waals surface area contributed by atoms with Crippen LogP contribution in [0.3, 0.4) is 0 Å². The van der Waals surface area contributed by atoms with E-state index in [0.29, 0.717) is 22.4 Å².